The fourth-order valence-electron chi connectivity index (χ4n) is 1.79. The smallest absolute Gasteiger partial charge is 0.0904 e. The number of hydrogen-bond acceptors (Lipinski definition) is 2. The van der Waals surface area contributed by atoms with Crippen molar-refractivity contribution in [3.8, 4) is 0 Å². The number of rotatable bonds is 6. The summed E-state index contributed by atoms with van der Waals surface area (Å²) in [5.41, 5.74) is 0.973. The molecule has 16 heavy (non-hydrogen) atoms. The van der Waals surface area contributed by atoms with Crippen molar-refractivity contribution in [1.29, 1.82) is 0 Å². The third-order valence-electron chi connectivity index (χ3n) is 2.74. The van der Waals surface area contributed by atoms with Crippen molar-refractivity contribution in [2.45, 2.75) is 39.2 Å². The average molecular weight is 216 g/mol. The Morgan fingerprint density at radius 2 is 1.94 bits per heavy atom. The summed E-state index contributed by atoms with van der Waals surface area (Å²) < 4.78 is 1.94. The van der Waals surface area contributed by atoms with E-state index in [-0.39, 0.29) is 0 Å². The van der Waals surface area contributed by atoms with Crippen molar-refractivity contribution in [1.82, 2.24) is 15.0 Å². The Hall–Kier alpha value is -0.860. The molecular formula is C13H18N3. The van der Waals surface area contributed by atoms with Crippen LogP contribution in [0.3, 0.4) is 0 Å². The normalized spacial score (nSPS) is 17.1. The van der Waals surface area contributed by atoms with Gasteiger partial charge in [0.2, 0.25) is 0 Å². The lowest BCUT2D eigenvalue weighted by molar-refractivity contribution is 0.527. The van der Waals surface area contributed by atoms with Crippen LogP contribution in [0.1, 0.15) is 38.3 Å². The van der Waals surface area contributed by atoms with Gasteiger partial charge in [-0.15, -0.1) is 5.10 Å². The van der Waals surface area contributed by atoms with E-state index in [1.165, 1.54) is 25.7 Å². The highest BCUT2D eigenvalue weighted by Gasteiger charge is 2.21. The second-order valence-corrected chi connectivity index (χ2v) is 4.10. The molecule has 3 heteroatoms. The molecule has 2 rings (SSSR count). The largest absolute Gasteiger partial charge is 0.252 e. The third kappa shape index (κ3) is 3.06. The first-order chi connectivity index (χ1) is 7.90. The van der Waals surface area contributed by atoms with Crippen molar-refractivity contribution in [3.05, 3.63) is 43.5 Å². The zero-order chi connectivity index (χ0) is 11.2. The molecule has 1 aromatic heterocycles. The van der Waals surface area contributed by atoms with E-state index in [1.54, 1.807) is 0 Å². The molecule has 85 valence electrons. The summed E-state index contributed by atoms with van der Waals surface area (Å²) in [7, 11) is 0. The Morgan fingerprint density at radius 3 is 2.69 bits per heavy atom. The maximum Gasteiger partial charge on any atom is 0.0904 e. The summed E-state index contributed by atoms with van der Waals surface area (Å²) in [5, 5.41) is 8.31. The number of aromatic nitrogens is 3. The Morgan fingerprint density at radius 1 is 1.12 bits per heavy atom. The summed E-state index contributed by atoms with van der Waals surface area (Å²) in [6.07, 6.45) is 15.3. The van der Waals surface area contributed by atoms with Crippen LogP contribution in [0.25, 0.3) is 0 Å². The molecule has 1 aromatic rings. The number of nitrogens with zero attached hydrogens (tertiary/aromatic N) is 3. The minimum Gasteiger partial charge on any atom is -0.252 e. The first-order valence-corrected chi connectivity index (χ1v) is 6.02. The van der Waals surface area contributed by atoms with Gasteiger partial charge in [-0.25, -0.2) is 0 Å². The van der Waals surface area contributed by atoms with Gasteiger partial charge in [-0.1, -0.05) is 31.4 Å². The molecule has 0 aromatic carbocycles. The van der Waals surface area contributed by atoms with Gasteiger partial charge in [0.05, 0.1) is 5.69 Å². The topological polar surface area (TPSA) is 30.7 Å². The average Bonchev–Trinajstić information content (AvgIpc) is 2.94. The summed E-state index contributed by atoms with van der Waals surface area (Å²) in [6, 6.07) is 0. The fourth-order valence-corrected chi connectivity index (χ4v) is 1.79. The van der Waals surface area contributed by atoms with Crippen molar-refractivity contribution in [2.75, 3.05) is 0 Å². The van der Waals surface area contributed by atoms with E-state index >= 15 is 0 Å². The quantitative estimate of drug-likeness (QED) is 0.684. The lowest BCUT2D eigenvalue weighted by Crippen LogP contribution is -1.98. The zero-order valence-electron chi connectivity index (χ0n) is 9.76. The Kier molecular flexibility index (Phi) is 4.37. The molecule has 5 radical (unpaired) electrons. The van der Waals surface area contributed by atoms with Crippen LogP contribution in [0.15, 0.2) is 6.20 Å². The summed E-state index contributed by atoms with van der Waals surface area (Å²) in [5.74, 6) is 1.15. The monoisotopic (exact) mass is 216 g/mol. The molecular weight excluding hydrogens is 198 g/mol. The minimum atomic E-state index is 0.973. The molecule has 0 atom stereocenters. The molecule has 0 spiro atoms. The molecule has 1 aliphatic rings. The van der Waals surface area contributed by atoms with E-state index in [1.807, 2.05) is 23.7 Å². The van der Waals surface area contributed by atoms with Crippen LogP contribution in [0, 0.1) is 31.6 Å². The molecule has 0 aliphatic heterocycles. The summed E-state index contributed by atoms with van der Waals surface area (Å²) >= 11 is 0. The van der Waals surface area contributed by atoms with Gasteiger partial charge < -0.3 is 0 Å². The van der Waals surface area contributed by atoms with Gasteiger partial charge in [0.15, 0.2) is 0 Å². The van der Waals surface area contributed by atoms with Crippen LogP contribution in [-0.2, 0) is 6.54 Å². The molecule has 0 amide bonds. The lowest BCUT2D eigenvalue weighted by atomic mass is 10.1. The predicted molar refractivity (Wildman–Crippen MR) is 63.7 cm³/mol. The molecule has 0 N–H and O–H groups in total. The van der Waals surface area contributed by atoms with Crippen molar-refractivity contribution in [3.63, 3.8) is 0 Å². The van der Waals surface area contributed by atoms with Crippen LogP contribution in [0.5, 0.6) is 0 Å². The van der Waals surface area contributed by atoms with E-state index in [9.17, 15) is 0 Å². The van der Waals surface area contributed by atoms with Crippen LogP contribution >= 0.6 is 0 Å². The van der Waals surface area contributed by atoms with Gasteiger partial charge in [-0.05, 0) is 32.1 Å². The van der Waals surface area contributed by atoms with E-state index in [0.717, 1.165) is 18.2 Å². The fraction of sp³-hybridized carbons (Fsp3) is 0.462. The number of aryl methyl sites for hydroxylation is 1. The first-order valence-electron chi connectivity index (χ1n) is 6.02. The van der Waals surface area contributed by atoms with Crippen LogP contribution < -0.4 is 0 Å². The van der Waals surface area contributed by atoms with Gasteiger partial charge in [-0.3, -0.25) is 4.68 Å². The van der Waals surface area contributed by atoms with Gasteiger partial charge >= 0.3 is 0 Å². The van der Waals surface area contributed by atoms with Crippen molar-refractivity contribution in [2.24, 2.45) is 0 Å². The molecule has 1 aliphatic carbocycles. The highest BCUT2D eigenvalue weighted by atomic mass is 15.4. The highest BCUT2D eigenvalue weighted by Crippen LogP contribution is 2.28. The Balaban J connectivity index is 1.77. The summed E-state index contributed by atoms with van der Waals surface area (Å²) in [4.78, 5) is 0. The van der Waals surface area contributed by atoms with Gasteiger partial charge in [0, 0.05) is 18.7 Å². The van der Waals surface area contributed by atoms with E-state index in [4.69, 9.17) is 0 Å². The van der Waals surface area contributed by atoms with Crippen LogP contribution in [-0.4, -0.2) is 15.0 Å². The molecule has 1 heterocycles. The maximum absolute atomic E-state index is 4.17. The van der Waals surface area contributed by atoms with Gasteiger partial charge in [0.25, 0.3) is 0 Å². The molecule has 0 bridgehead atoms. The van der Waals surface area contributed by atoms with E-state index in [0.29, 0.717) is 0 Å². The SMILES string of the molecule is CCCCCCn1cc([C]2[CH][CH][CH][CH]2)nn1. The van der Waals surface area contributed by atoms with Gasteiger partial charge in [-0.2, -0.15) is 0 Å². The van der Waals surface area contributed by atoms with E-state index < -0.39 is 0 Å². The predicted octanol–water partition coefficient (Wildman–Crippen LogP) is 2.61. The van der Waals surface area contributed by atoms with Gasteiger partial charge in [0.1, 0.15) is 0 Å². The molecule has 0 saturated heterocycles. The molecule has 0 unspecified atom stereocenters. The number of unbranched alkanes of at least 4 members (excludes halogenated alkanes) is 3. The Labute approximate surface area is 98.2 Å². The van der Waals surface area contributed by atoms with Crippen molar-refractivity contribution < 1.29 is 0 Å². The number of hydrogen-bond donors (Lipinski definition) is 0. The molecule has 3 nitrogen and oxygen atoms in total. The van der Waals surface area contributed by atoms with Crippen molar-refractivity contribution >= 4 is 0 Å². The van der Waals surface area contributed by atoms with E-state index in [2.05, 4.69) is 30.1 Å². The van der Waals surface area contributed by atoms with Crippen LogP contribution in [0.2, 0.25) is 0 Å². The molecule has 1 fully saturated rings. The van der Waals surface area contributed by atoms with Crippen LogP contribution in [0.4, 0.5) is 0 Å². The standard InChI is InChI=1S/C13H18N3/c1-2-3-4-7-10-16-11-13(14-15-16)12-8-5-6-9-12/h5-6,8-9,11H,2-4,7,10H2,1H3. The lowest BCUT2D eigenvalue weighted by Gasteiger charge is -2.01. The minimum absolute atomic E-state index is 0.973. The zero-order valence-corrected chi connectivity index (χ0v) is 9.76. The summed E-state index contributed by atoms with van der Waals surface area (Å²) in [6.45, 7) is 3.21. The maximum atomic E-state index is 4.17. The molecule has 1 saturated carbocycles. The first kappa shape index (κ1) is 11.6. The second-order valence-electron chi connectivity index (χ2n) is 4.10. The second kappa shape index (κ2) is 6.02. The highest BCUT2D eigenvalue weighted by molar-refractivity contribution is 5.45. The third-order valence-corrected chi connectivity index (χ3v) is 2.74. The Bertz CT molecular complexity index is 300.